The Bertz CT molecular complexity index is 904. The Balaban J connectivity index is 1.33. The first-order valence-corrected chi connectivity index (χ1v) is 9.54. The van der Waals surface area contributed by atoms with E-state index >= 15 is 0 Å². The number of carbonyl (C=O) groups is 1. The molecule has 3 heterocycles. The maximum Gasteiger partial charge on any atom is 0.274 e. The maximum atomic E-state index is 12.4. The van der Waals surface area contributed by atoms with Gasteiger partial charge in [0.1, 0.15) is 5.69 Å². The fourth-order valence-corrected chi connectivity index (χ4v) is 3.25. The van der Waals surface area contributed by atoms with E-state index in [1.807, 2.05) is 36.4 Å². The van der Waals surface area contributed by atoms with Gasteiger partial charge in [-0.15, -0.1) is 0 Å². The van der Waals surface area contributed by atoms with E-state index in [-0.39, 0.29) is 5.91 Å². The molecule has 6 nitrogen and oxygen atoms in total. The van der Waals surface area contributed by atoms with Gasteiger partial charge < -0.3 is 15.5 Å². The van der Waals surface area contributed by atoms with Crippen LogP contribution in [0.5, 0.6) is 0 Å². The molecule has 3 aromatic rings. The average Bonchev–Trinajstić information content (AvgIpc) is 3.29. The molecule has 1 aromatic carbocycles. The summed E-state index contributed by atoms with van der Waals surface area (Å²) in [6, 6.07) is 17.3. The van der Waals surface area contributed by atoms with Crippen LogP contribution in [-0.2, 0) is 6.54 Å². The molecule has 1 aliphatic heterocycles. The van der Waals surface area contributed by atoms with E-state index < -0.39 is 0 Å². The van der Waals surface area contributed by atoms with Crippen molar-refractivity contribution in [3.8, 4) is 0 Å². The van der Waals surface area contributed by atoms with E-state index in [0.29, 0.717) is 12.2 Å². The van der Waals surface area contributed by atoms with Crippen LogP contribution in [0, 0.1) is 0 Å². The summed E-state index contributed by atoms with van der Waals surface area (Å²) >= 11 is 0. The number of nitrogens with one attached hydrogen (secondary N) is 2. The lowest BCUT2D eigenvalue weighted by Crippen LogP contribution is -2.17. The molecule has 6 heteroatoms. The summed E-state index contributed by atoms with van der Waals surface area (Å²) in [6.45, 7) is 2.82. The van der Waals surface area contributed by atoms with E-state index in [4.69, 9.17) is 0 Å². The first kappa shape index (κ1) is 18.0. The third-order valence-electron chi connectivity index (χ3n) is 4.79. The Morgan fingerprint density at radius 2 is 1.71 bits per heavy atom. The van der Waals surface area contributed by atoms with Gasteiger partial charge in [-0.25, -0.2) is 4.98 Å². The zero-order valence-electron chi connectivity index (χ0n) is 15.6. The maximum absolute atomic E-state index is 12.4. The second-order valence-electron chi connectivity index (χ2n) is 6.80. The molecule has 1 saturated heterocycles. The molecule has 0 spiro atoms. The van der Waals surface area contributed by atoms with Crippen LogP contribution >= 0.6 is 0 Å². The van der Waals surface area contributed by atoms with Gasteiger partial charge in [-0.05, 0) is 61.4 Å². The minimum atomic E-state index is -0.217. The van der Waals surface area contributed by atoms with Gasteiger partial charge in [0, 0.05) is 30.7 Å². The molecular weight excluding hydrogens is 350 g/mol. The number of pyridine rings is 2. The average molecular weight is 373 g/mol. The van der Waals surface area contributed by atoms with Crippen LogP contribution in [0.1, 0.15) is 29.0 Å². The number of nitrogens with zero attached hydrogens (tertiary/aromatic N) is 3. The van der Waals surface area contributed by atoms with Gasteiger partial charge in [0.05, 0.1) is 24.1 Å². The molecule has 0 saturated carbocycles. The molecule has 2 N–H and O–H groups in total. The number of hydrogen-bond donors (Lipinski definition) is 2. The smallest absolute Gasteiger partial charge is 0.274 e. The molecule has 0 bridgehead atoms. The molecule has 0 atom stereocenters. The first-order chi connectivity index (χ1) is 13.8. The third kappa shape index (κ3) is 4.46. The SMILES string of the molecule is O=C(Nc1ccc(N2CCCC2)cc1)c1ccc(NCc2ccccn2)cn1. The lowest BCUT2D eigenvalue weighted by atomic mass is 10.2. The summed E-state index contributed by atoms with van der Waals surface area (Å²) in [5.74, 6) is -0.217. The van der Waals surface area contributed by atoms with Crippen molar-refractivity contribution in [1.29, 1.82) is 0 Å². The Morgan fingerprint density at radius 1 is 0.929 bits per heavy atom. The zero-order chi connectivity index (χ0) is 19.2. The molecule has 0 unspecified atom stereocenters. The van der Waals surface area contributed by atoms with Crippen molar-refractivity contribution < 1.29 is 4.79 Å². The lowest BCUT2D eigenvalue weighted by molar-refractivity contribution is 0.102. The van der Waals surface area contributed by atoms with Crippen LogP contribution in [-0.4, -0.2) is 29.0 Å². The summed E-state index contributed by atoms with van der Waals surface area (Å²) in [5.41, 5.74) is 4.15. The van der Waals surface area contributed by atoms with Crippen molar-refractivity contribution in [2.45, 2.75) is 19.4 Å². The largest absolute Gasteiger partial charge is 0.378 e. The fourth-order valence-electron chi connectivity index (χ4n) is 3.25. The molecule has 2 aromatic heterocycles. The first-order valence-electron chi connectivity index (χ1n) is 9.54. The Labute approximate surface area is 164 Å². The highest BCUT2D eigenvalue weighted by Gasteiger charge is 2.12. The number of aromatic nitrogens is 2. The van der Waals surface area contributed by atoms with Crippen LogP contribution in [0.25, 0.3) is 0 Å². The van der Waals surface area contributed by atoms with Crippen LogP contribution in [0.3, 0.4) is 0 Å². The fraction of sp³-hybridized carbons (Fsp3) is 0.227. The highest BCUT2D eigenvalue weighted by Crippen LogP contribution is 2.22. The van der Waals surface area contributed by atoms with Crippen LogP contribution < -0.4 is 15.5 Å². The number of amides is 1. The van der Waals surface area contributed by atoms with Gasteiger partial charge in [-0.3, -0.25) is 9.78 Å². The Kier molecular flexibility index (Phi) is 5.47. The monoisotopic (exact) mass is 373 g/mol. The zero-order valence-corrected chi connectivity index (χ0v) is 15.6. The molecule has 0 radical (unpaired) electrons. The number of carbonyl (C=O) groups excluding carboxylic acids is 1. The highest BCUT2D eigenvalue weighted by atomic mass is 16.1. The number of benzene rings is 1. The number of rotatable bonds is 6. The van der Waals surface area contributed by atoms with Crippen molar-refractivity contribution in [1.82, 2.24) is 9.97 Å². The predicted molar refractivity (Wildman–Crippen MR) is 112 cm³/mol. The molecule has 1 amide bonds. The topological polar surface area (TPSA) is 70.2 Å². The molecular formula is C22H23N5O. The molecule has 4 rings (SSSR count). The second-order valence-corrected chi connectivity index (χ2v) is 6.80. The quantitative estimate of drug-likeness (QED) is 0.685. The van der Waals surface area contributed by atoms with Crippen molar-refractivity contribution in [2.75, 3.05) is 28.6 Å². The summed E-state index contributed by atoms with van der Waals surface area (Å²) < 4.78 is 0. The van der Waals surface area contributed by atoms with Crippen LogP contribution in [0.4, 0.5) is 17.1 Å². The standard InChI is InChI=1S/C22H23N5O/c28-22(26-17-6-9-20(10-7-17)27-13-3-4-14-27)21-11-8-19(16-25-21)24-15-18-5-1-2-12-23-18/h1-2,5-12,16,24H,3-4,13-15H2,(H,26,28). The summed E-state index contributed by atoms with van der Waals surface area (Å²) in [4.78, 5) is 23.3. The number of anilines is 3. The normalized spacial score (nSPS) is 13.4. The van der Waals surface area contributed by atoms with Crippen molar-refractivity contribution in [2.24, 2.45) is 0 Å². The van der Waals surface area contributed by atoms with Gasteiger partial charge >= 0.3 is 0 Å². The second kappa shape index (κ2) is 8.52. The van der Waals surface area contributed by atoms with Gasteiger partial charge in [0.25, 0.3) is 5.91 Å². The predicted octanol–water partition coefficient (Wildman–Crippen LogP) is 3.94. The molecule has 142 valence electrons. The van der Waals surface area contributed by atoms with E-state index in [9.17, 15) is 4.79 Å². The Hall–Kier alpha value is -3.41. The molecule has 0 aliphatic carbocycles. The van der Waals surface area contributed by atoms with E-state index in [2.05, 4.69) is 37.6 Å². The van der Waals surface area contributed by atoms with E-state index in [0.717, 1.165) is 30.2 Å². The van der Waals surface area contributed by atoms with Gasteiger partial charge in [-0.1, -0.05) is 6.07 Å². The van der Waals surface area contributed by atoms with E-state index in [1.165, 1.54) is 18.5 Å². The third-order valence-corrected chi connectivity index (χ3v) is 4.79. The highest BCUT2D eigenvalue weighted by molar-refractivity contribution is 6.03. The van der Waals surface area contributed by atoms with Gasteiger partial charge in [-0.2, -0.15) is 0 Å². The minimum absolute atomic E-state index is 0.217. The van der Waals surface area contributed by atoms with Crippen molar-refractivity contribution in [3.05, 3.63) is 78.4 Å². The molecule has 1 fully saturated rings. The van der Waals surface area contributed by atoms with Crippen LogP contribution in [0.2, 0.25) is 0 Å². The molecule has 1 aliphatic rings. The van der Waals surface area contributed by atoms with Crippen molar-refractivity contribution in [3.63, 3.8) is 0 Å². The molecule has 28 heavy (non-hydrogen) atoms. The lowest BCUT2D eigenvalue weighted by Gasteiger charge is -2.17. The summed E-state index contributed by atoms with van der Waals surface area (Å²) in [5, 5.41) is 6.15. The summed E-state index contributed by atoms with van der Waals surface area (Å²) in [6.07, 6.45) is 5.92. The van der Waals surface area contributed by atoms with Crippen molar-refractivity contribution >= 4 is 23.0 Å². The number of hydrogen-bond acceptors (Lipinski definition) is 5. The van der Waals surface area contributed by atoms with Gasteiger partial charge in [0.2, 0.25) is 0 Å². The Morgan fingerprint density at radius 3 is 2.39 bits per heavy atom. The van der Waals surface area contributed by atoms with E-state index in [1.54, 1.807) is 18.5 Å². The summed E-state index contributed by atoms with van der Waals surface area (Å²) in [7, 11) is 0. The minimum Gasteiger partial charge on any atom is -0.378 e. The van der Waals surface area contributed by atoms with Crippen LogP contribution in [0.15, 0.2) is 67.0 Å². The van der Waals surface area contributed by atoms with Gasteiger partial charge in [0.15, 0.2) is 0 Å².